The van der Waals surface area contributed by atoms with Gasteiger partial charge in [-0.1, -0.05) is 0 Å². The molecule has 3 aliphatic rings. The fraction of sp³-hybridized carbons (Fsp3) is 0.923. The molecule has 0 amide bonds. The van der Waals surface area contributed by atoms with Crippen molar-refractivity contribution in [1.82, 2.24) is 5.32 Å². The molecule has 2 saturated heterocycles. The molecule has 1 unspecified atom stereocenters. The van der Waals surface area contributed by atoms with Crippen LogP contribution in [0, 0.1) is 0 Å². The number of aliphatic imine (C=N–C) groups is 1. The average molecular weight is 366 g/mol. The van der Waals surface area contributed by atoms with Crippen molar-refractivity contribution in [3.05, 3.63) is 0 Å². The standard InChI is InChI=1S/C13H22N2O10/c16-1-3-4(18)5(19)6(20)11(24-3)15-12-14-9-8(25-12)7(21)10(22)13(9,23)2-17/h3-11,16-23H,1-2H2,(H,14,15)/t3-,4-,5+,6-,7+,8-,9?,10+,11+,13+/m1/s1. The molecule has 9 N–H and O–H groups in total. The number of aliphatic hydroxyl groups is 8. The Labute approximate surface area is 141 Å². The lowest BCUT2D eigenvalue weighted by atomic mass is 9.96. The maximum atomic E-state index is 10.3. The Morgan fingerprint density at radius 2 is 1.68 bits per heavy atom. The van der Waals surface area contributed by atoms with E-state index in [0.717, 1.165) is 0 Å². The first-order chi connectivity index (χ1) is 11.7. The van der Waals surface area contributed by atoms with Gasteiger partial charge in [0.1, 0.15) is 48.3 Å². The lowest BCUT2D eigenvalue weighted by Crippen LogP contribution is -2.58. The third-order valence-electron chi connectivity index (χ3n) is 4.93. The molecular formula is C13H22N2O10. The highest BCUT2D eigenvalue weighted by atomic mass is 16.6. The van der Waals surface area contributed by atoms with Gasteiger partial charge >= 0.3 is 0 Å². The van der Waals surface area contributed by atoms with E-state index in [2.05, 4.69) is 10.3 Å². The van der Waals surface area contributed by atoms with Gasteiger partial charge in [0.05, 0.1) is 13.2 Å². The molecule has 12 heteroatoms. The molecule has 0 aromatic rings. The first-order valence-electron chi connectivity index (χ1n) is 7.75. The summed E-state index contributed by atoms with van der Waals surface area (Å²) in [7, 11) is 0. The maximum Gasteiger partial charge on any atom is 0.288 e. The van der Waals surface area contributed by atoms with Crippen molar-refractivity contribution in [3.63, 3.8) is 0 Å². The van der Waals surface area contributed by atoms with E-state index in [4.69, 9.17) is 14.6 Å². The van der Waals surface area contributed by atoms with Crippen molar-refractivity contribution in [2.75, 3.05) is 13.2 Å². The summed E-state index contributed by atoms with van der Waals surface area (Å²) in [4.78, 5) is 3.88. The Morgan fingerprint density at radius 3 is 2.28 bits per heavy atom. The van der Waals surface area contributed by atoms with E-state index in [9.17, 15) is 35.7 Å². The normalized spacial score (nSPS) is 54.2. The summed E-state index contributed by atoms with van der Waals surface area (Å²) in [6.07, 6.45) is -11.6. The molecule has 1 aliphatic carbocycles. The van der Waals surface area contributed by atoms with Crippen LogP contribution < -0.4 is 5.32 Å². The molecule has 12 nitrogen and oxygen atoms in total. The fourth-order valence-electron chi connectivity index (χ4n) is 3.35. The van der Waals surface area contributed by atoms with Gasteiger partial charge in [-0.05, 0) is 0 Å². The third-order valence-corrected chi connectivity index (χ3v) is 4.93. The number of hydrogen-bond donors (Lipinski definition) is 9. The zero-order valence-corrected chi connectivity index (χ0v) is 13.0. The summed E-state index contributed by atoms with van der Waals surface area (Å²) in [5.41, 5.74) is -2.07. The number of hydrogen-bond acceptors (Lipinski definition) is 11. The number of rotatable bonds is 3. The van der Waals surface area contributed by atoms with Crippen LogP contribution in [0.25, 0.3) is 0 Å². The van der Waals surface area contributed by atoms with Crippen LogP contribution in [0.4, 0.5) is 0 Å². The monoisotopic (exact) mass is 366 g/mol. The van der Waals surface area contributed by atoms with Gasteiger partial charge in [-0.3, -0.25) is 0 Å². The van der Waals surface area contributed by atoms with E-state index in [1.807, 2.05) is 0 Å². The third kappa shape index (κ3) is 2.79. The smallest absolute Gasteiger partial charge is 0.288 e. The molecule has 0 radical (unpaired) electrons. The van der Waals surface area contributed by atoms with Crippen molar-refractivity contribution >= 4 is 6.02 Å². The second-order valence-electron chi connectivity index (χ2n) is 6.44. The molecule has 2 heterocycles. The van der Waals surface area contributed by atoms with E-state index >= 15 is 0 Å². The number of aliphatic hydroxyl groups excluding tert-OH is 7. The lowest BCUT2D eigenvalue weighted by molar-refractivity contribution is -0.227. The SMILES string of the molecule is OC[C@H]1O[C@H](/N=C2/NC3[C@H](O2)[C@H](O)[C@H](O)[C@]3(O)CO)[C@H](O)[C@@H](O)[C@@H]1O. The molecule has 3 fully saturated rings. The summed E-state index contributed by atoms with van der Waals surface area (Å²) in [5.74, 6) is 0. The molecule has 0 aromatic carbocycles. The molecule has 144 valence electrons. The first kappa shape index (κ1) is 18.7. The van der Waals surface area contributed by atoms with Crippen molar-refractivity contribution in [2.24, 2.45) is 4.99 Å². The minimum absolute atomic E-state index is 0.267. The van der Waals surface area contributed by atoms with Gasteiger partial charge in [0.2, 0.25) is 0 Å². The number of nitrogens with one attached hydrogen (secondary N) is 1. The van der Waals surface area contributed by atoms with E-state index in [1.165, 1.54) is 0 Å². The number of amidine groups is 1. The van der Waals surface area contributed by atoms with Crippen LogP contribution in [0.5, 0.6) is 0 Å². The maximum absolute atomic E-state index is 10.3. The van der Waals surface area contributed by atoms with E-state index in [1.54, 1.807) is 0 Å². The van der Waals surface area contributed by atoms with Gasteiger partial charge in [-0.25, -0.2) is 4.99 Å². The molecule has 2 aliphatic heterocycles. The molecular weight excluding hydrogens is 344 g/mol. The zero-order chi connectivity index (χ0) is 18.5. The van der Waals surface area contributed by atoms with Gasteiger partial charge in [-0.2, -0.15) is 0 Å². The predicted molar refractivity (Wildman–Crippen MR) is 77.0 cm³/mol. The first-order valence-corrected chi connectivity index (χ1v) is 7.75. The summed E-state index contributed by atoms with van der Waals surface area (Å²) in [5, 5.41) is 80.5. The Kier molecular flexibility index (Phi) is 4.91. The van der Waals surface area contributed by atoms with E-state index in [-0.39, 0.29) is 6.02 Å². The summed E-state index contributed by atoms with van der Waals surface area (Å²) < 4.78 is 10.5. The fourth-order valence-corrected chi connectivity index (χ4v) is 3.35. The highest BCUT2D eigenvalue weighted by Crippen LogP contribution is 2.36. The Balaban J connectivity index is 1.78. The van der Waals surface area contributed by atoms with Gasteiger partial charge in [-0.15, -0.1) is 0 Å². The second-order valence-corrected chi connectivity index (χ2v) is 6.44. The van der Waals surface area contributed by atoms with Crippen LogP contribution in [-0.4, -0.2) is 121 Å². The summed E-state index contributed by atoms with van der Waals surface area (Å²) in [6.45, 7) is -1.48. The van der Waals surface area contributed by atoms with Gasteiger partial charge in [0.15, 0.2) is 12.3 Å². The van der Waals surface area contributed by atoms with Crippen molar-refractivity contribution < 1.29 is 50.3 Å². The number of fused-ring (bicyclic) bond motifs is 1. The highest BCUT2D eigenvalue weighted by Gasteiger charge is 2.64. The van der Waals surface area contributed by atoms with Crippen molar-refractivity contribution in [1.29, 1.82) is 0 Å². The predicted octanol–water partition coefficient (Wildman–Crippen LogP) is -6.04. The van der Waals surface area contributed by atoms with Crippen molar-refractivity contribution in [3.8, 4) is 0 Å². The van der Waals surface area contributed by atoms with Crippen molar-refractivity contribution in [2.45, 2.75) is 60.6 Å². The van der Waals surface area contributed by atoms with Crippen LogP contribution in [-0.2, 0) is 9.47 Å². The Hall–Kier alpha value is -1.09. The molecule has 1 saturated carbocycles. The molecule has 3 rings (SSSR count). The molecule has 0 bridgehead atoms. The van der Waals surface area contributed by atoms with Crippen LogP contribution in [0.3, 0.4) is 0 Å². The molecule has 0 spiro atoms. The van der Waals surface area contributed by atoms with Gasteiger partial charge < -0.3 is 55.6 Å². The van der Waals surface area contributed by atoms with Gasteiger partial charge in [0, 0.05) is 0 Å². The van der Waals surface area contributed by atoms with E-state index < -0.39 is 73.8 Å². The number of nitrogens with zero attached hydrogens (tertiary/aromatic N) is 1. The highest BCUT2D eigenvalue weighted by molar-refractivity contribution is 5.77. The van der Waals surface area contributed by atoms with Crippen LogP contribution >= 0.6 is 0 Å². The molecule has 25 heavy (non-hydrogen) atoms. The quantitative estimate of drug-likeness (QED) is 0.230. The van der Waals surface area contributed by atoms with Gasteiger partial charge in [0.25, 0.3) is 6.02 Å². The topological polar surface area (TPSA) is 205 Å². The second kappa shape index (κ2) is 6.57. The van der Waals surface area contributed by atoms with E-state index in [0.29, 0.717) is 0 Å². The number of ether oxygens (including phenoxy) is 2. The summed E-state index contributed by atoms with van der Waals surface area (Å²) in [6, 6.07) is -1.34. The Morgan fingerprint density at radius 1 is 1.00 bits per heavy atom. The molecule has 10 atom stereocenters. The van der Waals surface area contributed by atoms with Crippen LogP contribution in [0.15, 0.2) is 4.99 Å². The summed E-state index contributed by atoms with van der Waals surface area (Å²) >= 11 is 0. The Bertz CT molecular complexity index is 533. The molecule has 0 aromatic heterocycles. The lowest BCUT2D eigenvalue weighted by Gasteiger charge is -2.38. The average Bonchev–Trinajstić information content (AvgIpc) is 3.10. The minimum Gasteiger partial charge on any atom is -0.457 e. The largest absolute Gasteiger partial charge is 0.457 e. The van der Waals surface area contributed by atoms with Crippen LogP contribution in [0.1, 0.15) is 0 Å². The zero-order valence-electron chi connectivity index (χ0n) is 13.0. The minimum atomic E-state index is -2.07. The van der Waals surface area contributed by atoms with Crippen LogP contribution in [0.2, 0.25) is 0 Å².